The summed E-state index contributed by atoms with van der Waals surface area (Å²) in [6.07, 6.45) is 2.71. The van der Waals surface area contributed by atoms with Gasteiger partial charge in [0.2, 0.25) is 0 Å². The van der Waals surface area contributed by atoms with Gasteiger partial charge in [-0.25, -0.2) is 9.59 Å². The van der Waals surface area contributed by atoms with E-state index in [9.17, 15) is 9.59 Å². The first-order valence-electron chi connectivity index (χ1n) is 8.20. The molecule has 0 saturated carbocycles. The summed E-state index contributed by atoms with van der Waals surface area (Å²) in [6.45, 7) is 4.65. The average Bonchev–Trinajstić information content (AvgIpc) is 2.56. The number of urea groups is 1. The third kappa shape index (κ3) is 4.61. The Bertz CT molecular complexity index is 607. The van der Waals surface area contributed by atoms with Crippen LogP contribution in [0.25, 0.3) is 0 Å². The molecule has 1 aromatic rings. The maximum absolute atomic E-state index is 12.5. The monoisotopic (exact) mass is 353 g/mol. The van der Waals surface area contributed by atoms with Crippen LogP contribution < -0.4 is 11.1 Å². The third-order valence-electron chi connectivity index (χ3n) is 3.95. The standard InChI is InChI=1S/C17H24ClN3O3/c1-11(2)24-16(22)12-6-7-14(18)15(9-12)20-17(23)21-8-4-3-5-13(21)10-19/h6-7,9,11,13H,3-5,8,10,19H2,1-2H3,(H,20,23)/t13-/m0/s1. The number of amides is 2. The Morgan fingerprint density at radius 1 is 1.42 bits per heavy atom. The van der Waals surface area contributed by atoms with Crippen molar-refractivity contribution in [3.8, 4) is 0 Å². The van der Waals surface area contributed by atoms with E-state index < -0.39 is 5.97 Å². The van der Waals surface area contributed by atoms with Gasteiger partial charge in [-0.15, -0.1) is 0 Å². The van der Waals surface area contributed by atoms with E-state index in [0.29, 0.717) is 29.4 Å². The summed E-state index contributed by atoms with van der Waals surface area (Å²) in [6, 6.07) is 4.47. The molecular formula is C17H24ClN3O3. The molecular weight excluding hydrogens is 330 g/mol. The van der Waals surface area contributed by atoms with E-state index in [1.807, 2.05) is 0 Å². The highest BCUT2D eigenvalue weighted by atomic mass is 35.5. The zero-order valence-electron chi connectivity index (χ0n) is 14.0. The quantitative estimate of drug-likeness (QED) is 0.814. The number of carbonyl (C=O) groups excluding carboxylic acids is 2. The highest BCUT2D eigenvalue weighted by molar-refractivity contribution is 6.33. The number of nitrogens with one attached hydrogen (secondary N) is 1. The summed E-state index contributed by atoms with van der Waals surface area (Å²) in [7, 11) is 0. The van der Waals surface area contributed by atoms with Crippen molar-refractivity contribution in [1.82, 2.24) is 4.90 Å². The second kappa shape index (κ2) is 8.35. The van der Waals surface area contributed by atoms with Gasteiger partial charge in [-0.3, -0.25) is 0 Å². The van der Waals surface area contributed by atoms with E-state index in [4.69, 9.17) is 22.1 Å². The van der Waals surface area contributed by atoms with Crippen molar-refractivity contribution in [2.45, 2.75) is 45.3 Å². The normalized spacial score (nSPS) is 17.7. The lowest BCUT2D eigenvalue weighted by molar-refractivity contribution is 0.0378. The second-order valence-electron chi connectivity index (χ2n) is 6.16. The fourth-order valence-electron chi connectivity index (χ4n) is 2.73. The maximum atomic E-state index is 12.5. The van der Waals surface area contributed by atoms with Crippen LogP contribution in [0.2, 0.25) is 5.02 Å². The largest absolute Gasteiger partial charge is 0.459 e. The Morgan fingerprint density at radius 2 is 2.17 bits per heavy atom. The van der Waals surface area contributed by atoms with Crippen molar-refractivity contribution in [2.75, 3.05) is 18.4 Å². The molecule has 0 spiro atoms. The minimum absolute atomic E-state index is 0.0339. The number of hydrogen-bond acceptors (Lipinski definition) is 4. The number of halogens is 1. The molecule has 1 aliphatic rings. The minimum atomic E-state index is -0.449. The molecule has 2 amide bonds. The van der Waals surface area contributed by atoms with Gasteiger partial charge >= 0.3 is 12.0 Å². The van der Waals surface area contributed by atoms with Gasteiger partial charge in [0, 0.05) is 19.1 Å². The highest BCUT2D eigenvalue weighted by Gasteiger charge is 2.26. The van der Waals surface area contributed by atoms with Crippen molar-refractivity contribution in [2.24, 2.45) is 5.73 Å². The van der Waals surface area contributed by atoms with Crippen LogP contribution >= 0.6 is 11.6 Å². The van der Waals surface area contributed by atoms with Crippen molar-refractivity contribution >= 4 is 29.3 Å². The molecule has 1 aliphatic heterocycles. The minimum Gasteiger partial charge on any atom is -0.459 e. The Balaban J connectivity index is 2.13. The molecule has 6 nitrogen and oxygen atoms in total. The van der Waals surface area contributed by atoms with Gasteiger partial charge in [0.25, 0.3) is 0 Å². The van der Waals surface area contributed by atoms with E-state index in [-0.39, 0.29) is 18.2 Å². The lowest BCUT2D eigenvalue weighted by atomic mass is 10.0. The summed E-state index contributed by atoms with van der Waals surface area (Å²) in [4.78, 5) is 26.3. The van der Waals surface area contributed by atoms with Crippen LogP contribution in [-0.2, 0) is 4.74 Å². The lowest BCUT2D eigenvalue weighted by Crippen LogP contribution is -2.49. The van der Waals surface area contributed by atoms with Crippen LogP contribution in [0.1, 0.15) is 43.5 Å². The predicted octanol–water partition coefficient (Wildman–Crippen LogP) is 3.25. The molecule has 1 atom stereocenters. The number of anilines is 1. The smallest absolute Gasteiger partial charge is 0.338 e. The Kier molecular flexibility index (Phi) is 6.45. The zero-order chi connectivity index (χ0) is 17.7. The molecule has 2 rings (SSSR count). The van der Waals surface area contributed by atoms with Gasteiger partial charge in [0.15, 0.2) is 0 Å². The molecule has 1 aromatic carbocycles. The van der Waals surface area contributed by atoms with Gasteiger partial charge in [-0.1, -0.05) is 11.6 Å². The Morgan fingerprint density at radius 3 is 2.83 bits per heavy atom. The molecule has 0 radical (unpaired) electrons. The molecule has 7 heteroatoms. The van der Waals surface area contributed by atoms with Crippen molar-refractivity contribution in [1.29, 1.82) is 0 Å². The van der Waals surface area contributed by atoms with E-state index in [0.717, 1.165) is 19.3 Å². The van der Waals surface area contributed by atoms with Gasteiger partial charge in [-0.2, -0.15) is 0 Å². The van der Waals surface area contributed by atoms with Crippen LogP contribution in [0.15, 0.2) is 18.2 Å². The third-order valence-corrected chi connectivity index (χ3v) is 4.28. The van der Waals surface area contributed by atoms with Gasteiger partial charge in [0.1, 0.15) is 0 Å². The number of nitrogens with two attached hydrogens (primary N) is 1. The summed E-state index contributed by atoms with van der Waals surface area (Å²) < 4.78 is 5.17. The molecule has 0 unspecified atom stereocenters. The van der Waals surface area contributed by atoms with Crippen molar-refractivity contribution in [3.63, 3.8) is 0 Å². The summed E-state index contributed by atoms with van der Waals surface area (Å²) >= 11 is 6.15. The lowest BCUT2D eigenvalue weighted by Gasteiger charge is -2.35. The van der Waals surface area contributed by atoms with Crippen molar-refractivity contribution in [3.05, 3.63) is 28.8 Å². The highest BCUT2D eigenvalue weighted by Crippen LogP contribution is 2.25. The number of esters is 1. The molecule has 3 N–H and O–H groups in total. The number of benzene rings is 1. The summed E-state index contributed by atoms with van der Waals surface area (Å²) in [5, 5.41) is 3.15. The molecule has 0 aliphatic carbocycles. The van der Waals surface area contributed by atoms with Crippen LogP contribution in [0.3, 0.4) is 0 Å². The second-order valence-corrected chi connectivity index (χ2v) is 6.56. The van der Waals surface area contributed by atoms with Crippen LogP contribution in [-0.4, -0.2) is 42.1 Å². The van der Waals surface area contributed by atoms with E-state index in [2.05, 4.69) is 5.32 Å². The summed E-state index contributed by atoms with van der Waals surface area (Å²) in [5.74, 6) is -0.449. The molecule has 1 fully saturated rings. The maximum Gasteiger partial charge on any atom is 0.338 e. The van der Waals surface area contributed by atoms with Gasteiger partial charge in [-0.05, 0) is 51.3 Å². The molecule has 1 saturated heterocycles. The van der Waals surface area contributed by atoms with E-state index in [1.165, 1.54) is 6.07 Å². The van der Waals surface area contributed by atoms with Crippen LogP contribution in [0, 0.1) is 0 Å². The van der Waals surface area contributed by atoms with Crippen LogP contribution in [0.5, 0.6) is 0 Å². The number of rotatable bonds is 4. The molecule has 1 heterocycles. The Hall–Kier alpha value is -1.79. The number of hydrogen-bond donors (Lipinski definition) is 2. The molecule has 0 bridgehead atoms. The fraction of sp³-hybridized carbons (Fsp3) is 0.529. The number of ether oxygens (including phenoxy) is 1. The number of likely N-dealkylation sites (tertiary alicyclic amines) is 1. The Labute approximate surface area is 147 Å². The number of piperidine rings is 1. The molecule has 132 valence electrons. The van der Waals surface area contributed by atoms with E-state index >= 15 is 0 Å². The van der Waals surface area contributed by atoms with Crippen molar-refractivity contribution < 1.29 is 14.3 Å². The number of nitrogens with zero attached hydrogens (tertiary/aromatic N) is 1. The zero-order valence-corrected chi connectivity index (χ0v) is 14.8. The predicted molar refractivity (Wildman–Crippen MR) is 94.4 cm³/mol. The molecule has 0 aromatic heterocycles. The summed E-state index contributed by atoms with van der Waals surface area (Å²) in [5.41, 5.74) is 6.49. The van der Waals surface area contributed by atoms with E-state index in [1.54, 1.807) is 30.9 Å². The average molecular weight is 354 g/mol. The fourth-order valence-corrected chi connectivity index (χ4v) is 2.89. The topological polar surface area (TPSA) is 84.7 Å². The first-order valence-corrected chi connectivity index (χ1v) is 8.58. The SMILES string of the molecule is CC(C)OC(=O)c1ccc(Cl)c(NC(=O)N2CCCC[C@H]2CN)c1. The first-order chi connectivity index (χ1) is 11.4. The number of carbonyl (C=O) groups is 2. The van der Waals surface area contributed by atoms with Crippen LogP contribution in [0.4, 0.5) is 10.5 Å². The van der Waals surface area contributed by atoms with Gasteiger partial charge < -0.3 is 20.7 Å². The first kappa shape index (κ1) is 18.5. The molecule has 24 heavy (non-hydrogen) atoms. The van der Waals surface area contributed by atoms with Gasteiger partial charge in [0.05, 0.1) is 22.4 Å².